The van der Waals surface area contributed by atoms with Gasteiger partial charge in [0.25, 0.3) is 5.91 Å². The van der Waals surface area contributed by atoms with Crippen LogP contribution in [0.15, 0.2) is 72.8 Å². The molecule has 0 saturated carbocycles. The van der Waals surface area contributed by atoms with Crippen molar-refractivity contribution in [2.45, 2.75) is 13.3 Å². The fraction of sp³-hybridized carbons (Fsp3) is 0.100. The van der Waals surface area contributed by atoms with Crippen LogP contribution in [0, 0.1) is 6.92 Å². The Hall–Kier alpha value is -2.94. The van der Waals surface area contributed by atoms with E-state index in [0.29, 0.717) is 11.4 Å². The summed E-state index contributed by atoms with van der Waals surface area (Å²) >= 11 is 0. The minimum absolute atomic E-state index is 0.130. The Labute approximate surface area is 136 Å². The third kappa shape index (κ3) is 3.83. The van der Waals surface area contributed by atoms with E-state index in [1.54, 1.807) is 6.07 Å². The summed E-state index contributed by atoms with van der Waals surface area (Å²) in [5.41, 5.74) is 3.74. The molecule has 1 aromatic heterocycles. The molecule has 3 heteroatoms. The van der Waals surface area contributed by atoms with Gasteiger partial charge in [0.15, 0.2) is 0 Å². The van der Waals surface area contributed by atoms with E-state index in [4.69, 9.17) is 0 Å². The Bertz CT molecular complexity index is 813. The molecule has 114 valence electrons. The molecule has 0 radical (unpaired) electrons. The van der Waals surface area contributed by atoms with Gasteiger partial charge in [0.05, 0.1) is 0 Å². The molecule has 0 spiro atoms. The molecule has 1 heterocycles. The zero-order chi connectivity index (χ0) is 16.1. The van der Waals surface area contributed by atoms with Gasteiger partial charge in [-0.2, -0.15) is 0 Å². The van der Waals surface area contributed by atoms with Crippen LogP contribution in [0.1, 0.15) is 27.2 Å². The zero-order valence-corrected chi connectivity index (χ0v) is 13.0. The number of aryl methyl sites for hydroxylation is 1. The van der Waals surface area contributed by atoms with E-state index in [1.807, 2.05) is 61.5 Å². The number of rotatable bonds is 4. The van der Waals surface area contributed by atoms with Crippen LogP contribution in [0.3, 0.4) is 0 Å². The van der Waals surface area contributed by atoms with Gasteiger partial charge in [-0.15, -0.1) is 0 Å². The van der Waals surface area contributed by atoms with Crippen molar-refractivity contribution in [3.63, 3.8) is 0 Å². The predicted octanol–water partition coefficient (Wildman–Crippen LogP) is 4.23. The van der Waals surface area contributed by atoms with Gasteiger partial charge in [-0.3, -0.25) is 4.79 Å². The Morgan fingerprint density at radius 2 is 1.65 bits per heavy atom. The van der Waals surface area contributed by atoms with Gasteiger partial charge in [0.1, 0.15) is 5.82 Å². The Kier molecular flexibility index (Phi) is 4.48. The van der Waals surface area contributed by atoms with Crippen molar-refractivity contribution in [2.75, 3.05) is 5.32 Å². The lowest BCUT2D eigenvalue weighted by Gasteiger charge is -2.10. The van der Waals surface area contributed by atoms with Crippen LogP contribution in [-0.4, -0.2) is 10.9 Å². The number of hydrogen-bond acceptors (Lipinski definition) is 2. The largest absolute Gasteiger partial charge is 0.307 e. The first-order valence-electron chi connectivity index (χ1n) is 7.59. The van der Waals surface area contributed by atoms with Crippen LogP contribution in [0.25, 0.3) is 0 Å². The number of hydrogen-bond donors (Lipinski definition) is 1. The molecule has 0 atom stereocenters. The summed E-state index contributed by atoms with van der Waals surface area (Å²) in [4.78, 5) is 16.9. The van der Waals surface area contributed by atoms with Crippen molar-refractivity contribution in [1.29, 1.82) is 0 Å². The maximum atomic E-state index is 12.6. The second-order valence-electron chi connectivity index (χ2n) is 5.44. The fourth-order valence-corrected chi connectivity index (χ4v) is 2.51. The van der Waals surface area contributed by atoms with Crippen molar-refractivity contribution in [2.24, 2.45) is 0 Å². The third-order valence-electron chi connectivity index (χ3n) is 3.63. The van der Waals surface area contributed by atoms with Gasteiger partial charge < -0.3 is 5.32 Å². The first-order valence-corrected chi connectivity index (χ1v) is 7.59. The molecule has 0 saturated heterocycles. The predicted molar refractivity (Wildman–Crippen MR) is 92.6 cm³/mol. The first kappa shape index (κ1) is 15.0. The summed E-state index contributed by atoms with van der Waals surface area (Å²) in [7, 11) is 0. The molecule has 0 bridgehead atoms. The van der Waals surface area contributed by atoms with Crippen molar-refractivity contribution in [3.05, 3.63) is 95.2 Å². The molecule has 0 aliphatic rings. The summed E-state index contributed by atoms with van der Waals surface area (Å²) in [5.74, 6) is 0.444. The number of nitrogens with zero attached hydrogens (tertiary/aromatic N) is 1. The smallest absolute Gasteiger partial charge is 0.257 e. The molecule has 0 unspecified atom stereocenters. The Morgan fingerprint density at radius 3 is 2.43 bits per heavy atom. The van der Waals surface area contributed by atoms with Crippen LogP contribution in [-0.2, 0) is 6.42 Å². The number of carbonyl (C=O) groups excluding carboxylic acids is 1. The maximum Gasteiger partial charge on any atom is 0.257 e. The van der Waals surface area contributed by atoms with Crippen molar-refractivity contribution >= 4 is 11.7 Å². The van der Waals surface area contributed by atoms with Crippen LogP contribution in [0.4, 0.5) is 5.82 Å². The minimum Gasteiger partial charge on any atom is -0.307 e. The van der Waals surface area contributed by atoms with Gasteiger partial charge in [0.2, 0.25) is 0 Å². The number of aromatic nitrogens is 1. The van der Waals surface area contributed by atoms with E-state index in [2.05, 4.69) is 22.4 Å². The topological polar surface area (TPSA) is 42.0 Å². The molecule has 2 aromatic carbocycles. The quantitative estimate of drug-likeness (QED) is 0.783. The lowest BCUT2D eigenvalue weighted by atomic mass is 9.99. The van der Waals surface area contributed by atoms with Crippen LogP contribution in [0.5, 0.6) is 0 Å². The summed E-state index contributed by atoms with van der Waals surface area (Å²) < 4.78 is 0. The lowest BCUT2D eigenvalue weighted by molar-refractivity contribution is 0.102. The maximum absolute atomic E-state index is 12.6. The van der Waals surface area contributed by atoms with Crippen LogP contribution >= 0.6 is 0 Å². The Morgan fingerprint density at radius 1 is 0.913 bits per heavy atom. The number of amides is 1. The number of anilines is 1. The van der Waals surface area contributed by atoms with E-state index in [-0.39, 0.29) is 5.91 Å². The summed E-state index contributed by atoms with van der Waals surface area (Å²) in [6.07, 6.45) is 0.728. The average Bonchev–Trinajstić information content (AvgIpc) is 2.56. The van der Waals surface area contributed by atoms with E-state index in [1.165, 1.54) is 5.56 Å². The number of pyridine rings is 1. The van der Waals surface area contributed by atoms with E-state index >= 15 is 0 Å². The minimum atomic E-state index is -0.130. The Balaban J connectivity index is 1.83. The van der Waals surface area contributed by atoms with Gasteiger partial charge in [-0.25, -0.2) is 4.98 Å². The number of nitrogens with one attached hydrogen (secondary N) is 1. The molecule has 1 N–H and O–H groups in total. The van der Waals surface area contributed by atoms with E-state index < -0.39 is 0 Å². The molecule has 3 aromatic rings. The SMILES string of the molecule is Cc1cccc(NC(=O)c2ccccc2Cc2ccccc2)n1. The molecule has 3 rings (SSSR count). The molecule has 3 nitrogen and oxygen atoms in total. The van der Waals surface area contributed by atoms with Gasteiger partial charge >= 0.3 is 0 Å². The van der Waals surface area contributed by atoms with Gasteiger partial charge in [-0.1, -0.05) is 54.6 Å². The summed E-state index contributed by atoms with van der Waals surface area (Å²) in [5, 5.41) is 2.88. The molecule has 0 aliphatic carbocycles. The molecular formula is C20H18N2O. The van der Waals surface area contributed by atoms with Crippen LogP contribution in [0.2, 0.25) is 0 Å². The number of carbonyl (C=O) groups is 1. The summed E-state index contributed by atoms with van der Waals surface area (Å²) in [6.45, 7) is 1.90. The highest BCUT2D eigenvalue weighted by atomic mass is 16.1. The monoisotopic (exact) mass is 302 g/mol. The zero-order valence-electron chi connectivity index (χ0n) is 13.0. The van der Waals surface area contributed by atoms with Crippen molar-refractivity contribution < 1.29 is 4.79 Å². The standard InChI is InChI=1S/C20H18N2O/c1-15-8-7-13-19(21-15)22-20(23)18-12-6-5-11-17(18)14-16-9-3-2-4-10-16/h2-13H,14H2,1H3,(H,21,22,23). The normalized spacial score (nSPS) is 10.3. The summed E-state index contributed by atoms with van der Waals surface area (Å²) in [6, 6.07) is 23.4. The molecular weight excluding hydrogens is 284 g/mol. The molecule has 0 fully saturated rings. The second kappa shape index (κ2) is 6.88. The van der Waals surface area contributed by atoms with Gasteiger partial charge in [0, 0.05) is 11.3 Å². The van der Waals surface area contributed by atoms with E-state index in [0.717, 1.165) is 17.7 Å². The first-order chi connectivity index (χ1) is 11.2. The average molecular weight is 302 g/mol. The highest BCUT2D eigenvalue weighted by Gasteiger charge is 2.12. The second-order valence-corrected chi connectivity index (χ2v) is 5.44. The highest BCUT2D eigenvalue weighted by molar-refractivity contribution is 6.04. The van der Waals surface area contributed by atoms with Crippen LogP contribution < -0.4 is 5.32 Å². The third-order valence-corrected chi connectivity index (χ3v) is 3.63. The molecule has 0 aliphatic heterocycles. The van der Waals surface area contributed by atoms with Gasteiger partial charge in [-0.05, 0) is 42.7 Å². The lowest BCUT2D eigenvalue weighted by Crippen LogP contribution is -2.15. The molecule has 23 heavy (non-hydrogen) atoms. The van der Waals surface area contributed by atoms with E-state index in [9.17, 15) is 4.79 Å². The van der Waals surface area contributed by atoms with Crippen molar-refractivity contribution in [3.8, 4) is 0 Å². The fourth-order valence-electron chi connectivity index (χ4n) is 2.51. The number of benzene rings is 2. The highest BCUT2D eigenvalue weighted by Crippen LogP contribution is 2.16. The van der Waals surface area contributed by atoms with Crippen molar-refractivity contribution in [1.82, 2.24) is 4.98 Å². The molecule has 1 amide bonds.